The van der Waals surface area contributed by atoms with Gasteiger partial charge in [0, 0.05) is 42.0 Å². The van der Waals surface area contributed by atoms with Crippen molar-refractivity contribution in [3.63, 3.8) is 0 Å². The highest BCUT2D eigenvalue weighted by Gasteiger charge is 2.27. The Balaban J connectivity index is 1.27. The summed E-state index contributed by atoms with van der Waals surface area (Å²) >= 11 is 6.12. The second kappa shape index (κ2) is 10.2. The molecule has 8 nitrogen and oxygen atoms in total. The monoisotopic (exact) mass is 505 g/mol. The maximum Gasteiger partial charge on any atom is 0.285 e. The Morgan fingerprint density at radius 1 is 1.17 bits per heavy atom. The normalized spacial score (nSPS) is 15.1. The number of pyridine rings is 1. The van der Waals surface area contributed by atoms with Gasteiger partial charge in [-0.25, -0.2) is 14.5 Å². The molecule has 2 aromatic heterocycles. The van der Waals surface area contributed by atoms with Crippen LogP contribution >= 0.6 is 11.6 Å². The number of anilines is 2. The van der Waals surface area contributed by atoms with Gasteiger partial charge in [0.05, 0.1) is 18.4 Å². The lowest BCUT2D eigenvalue weighted by molar-refractivity contribution is 0.102. The van der Waals surface area contributed by atoms with E-state index >= 15 is 0 Å². The summed E-state index contributed by atoms with van der Waals surface area (Å²) in [6.45, 7) is 1.14. The van der Waals surface area contributed by atoms with Crippen LogP contribution in [0.1, 0.15) is 16.8 Å². The summed E-state index contributed by atoms with van der Waals surface area (Å²) in [6, 6.07) is 16.6. The number of carbonyl (C=O) groups excluding carboxylic acids is 1. The van der Waals surface area contributed by atoms with Crippen LogP contribution in [0.25, 0.3) is 11.1 Å². The van der Waals surface area contributed by atoms with Crippen LogP contribution in [0.4, 0.5) is 15.8 Å². The van der Waals surface area contributed by atoms with Crippen LogP contribution in [0.2, 0.25) is 5.02 Å². The third kappa shape index (κ3) is 5.06. The van der Waals surface area contributed by atoms with Gasteiger partial charge in [-0.1, -0.05) is 29.8 Å². The van der Waals surface area contributed by atoms with E-state index in [0.29, 0.717) is 53.5 Å². The molecule has 1 atom stereocenters. The molecule has 1 aliphatic rings. The van der Waals surface area contributed by atoms with Crippen LogP contribution in [-0.4, -0.2) is 40.3 Å². The average molecular weight is 506 g/mol. The highest BCUT2D eigenvalue weighted by Crippen LogP contribution is 2.30. The van der Waals surface area contributed by atoms with Crippen LogP contribution in [0.3, 0.4) is 0 Å². The summed E-state index contributed by atoms with van der Waals surface area (Å²) in [4.78, 5) is 30.3. The van der Waals surface area contributed by atoms with Gasteiger partial charge in [0.15, 0.2) is 0 Å². The molecule has 0 unspecified atom stereocenters. The lowest BCUT2D eigenvalue weighted by atomic mass is 10.1. The lowest BCUT2D eigenvalue weighted by Gasteiger charge is -2.19. The Hall–Kier alpha value is -4.24. The fourth-order valence-electron chi connectivity index (χ4n) is 4.07. The molecule has 0 bridgehead atoms. The van der Waals surface area contributed by atoms with E-state index in [9.17, 15) is 14.0 Å². The van der Waals surface area contributed by atoms with E-state index in [1.54, 1.807) is 54.7 Å². The predicted molar refractivity (Wildman–Crippen MR) is 135 cm³/mol. The molecular weight excluding hydrogens is 485 g/mol. The molecule has 5 rings (SSSR count). The number of ether oxygens (including phenoxy) is 1. The largest absolute Gasteiger partial charge is 0.472 e. The number of rotatable bonds is 6. The minimum atomic E-state index is -0.485. The zero-order valence-electron chi connectivity index (χ0n) is 18.9. The molecule has 0 saturated carbocycles. The molecule has 0 radical (unpaired) electrons. The first kappa shape index (κ1) is 23.5. The zero-order valence-corrected chi connectivity index (χ0v) is 19.7. The Kier molecular flexibility index (Phi) is 6.64. The second-order valence-electron chi connectivity index (χ2n) is 8.27. The van der Waals surface area contributed by atoms with Crippen molar-refractivity contribution in [2.75, 3.05) is 23.3 Å². The zero-order chi connectivity index (χ0) is 25.1. The molecule has 4 aromatic rings. The van der Waals surface area contributed by atoms with Gasteiger partial charge in [0.25, 0.3) is 11.5 Å². The van der Waals surface area contributed by atoms with E-state index in [-0.39, 0.29) is 17.0 Å². The summed E-state index contributed by atoms with van der Waals surface area (Å²) in [5.41, 5.74) is 1.90. The maximum atomic E-state index is 15.0. The third-order valence-electron chi connectivity index (χ3n) is 5.86. The van der Waals surface area contributed by atoms with Crippen molar-refractivity contribution in [2.45, 2.75) is 12.5 Å². The molecule has 1 saturated heterocycles. The molecule has 2 N–H and O–H groups in total. The Bertz CT molecular complexity index is 1460. The molecule has 10 heteroatoms. The van der Waals surface area contributed by atoms with E-state index in [1.165, 1.54) is 12.3 Å². The first-order valence-corrected chi connectivity index (χ1v) is 11.6. The Morgan fingerprint density at radius 3 is 2.81 bits per heavy atom. The fourth-order valence-corrected chi connectivity index (χ4v) is 4.28. The van der Waals surface area contributed by atoms with Gasteiger partial charge in [-0.05, 0) is 42.0 Å². The number of aromatic nitrogens is 3. The van der Waals surface area contributed by atoms with Gasteiger partial charge in [0.1, 0.15) is 16.9 Å². The second-order valence-corrected chi connectivity index (χ2v) is 8.65. The minimum Gasteiger partial charge on any atom is -0.472 e. The van der Waals surface area contributed by atoms with Crippen molar-refractivity contribution in [1.82, 2.24) is 15.2 Å². The molecule has 1 aliphatic heterocycles. The van der Waals surface area contributed by atoms with E-state index in [2.05, 4.69) is 20.5 Å². The number of aromatic amines is 1. The Morgan fingerprint density at radius 2 is 2.00 bits per heavy atom. The van der Waals surface area contributed by atoms with Crippen molar-refractivity contribution in [1.29, 1.82) is 0 Å². The summed E-state index contributed by atoms with van der Waals surface area (Å²) in [6.07, 6.45) is 3.57. The van der Waals surface area contributed by atoms with Crippen LogP contribution in [0, 0.1) is 5.82 Å². The van der Waals surface area contributed by atoms with E-state index in [1.807, 2.05) is 11.0 Å². The van der Waals surface area contributed by atoms with Crippen LogP contribution in [-0.2, 0) is 0 Å². The maximum absolute atomic E-state index is 15.0. The van der Waals surface area contributed by atoms with Crippen molar-refractivity contribution < 1.29 is 13.9 Å². The third-order valence-corrected chi connectivity index (χ3v) is 6.22. The molecule has 1 fully saturated rings. The summed E-state index contributed by atoms with van der Waals surface area (Å²) in [5.74, 6) is -0.443. The molecule has 2 aromatic carbocycles. The molecule has 1 amide bonds. The summed E-state index contributed by atoms with van der Waals surface area (Å²) in [7, 11) is 0. The molecular formula is C26H21ClFN5O3. The number of carbonyl (C=O) groups is 1. The predicted octanol–water partition coefficient (Wildman–Crippen LogP) is 4.53. The van der Waals surface area contributed by atoms with E-state index in [4.69, 9.17) is 16.3 Å². The van der Waals surface area contributed by atoms with E-state index in [0.717, 1.165) is 0 Å². The first-order chi connectivity index (χ1) is 17.5. The number of nitrogens with zero attached hydrogens (tertiary/aromatic N) is 3. The molecule has 0 aliphatic carbocycles. The van der Waals surface area contributed by atoms with Gasteiger partial charge in [-0.3, -0.25) is 9.59 Å². The fraction of sp³-hybridized carbons (Fsp3) is 0.154. The number of halogens is 2. The quantitative estimate of drug-likeness (QED) is 0.399. The molecule has 36 heavy (non-hydrogen) atoms. The standard InChI is InChI=1S/C26H21ClFN5O3/c27-24-22(14-30-32-26(24)35)33-11-9-19(15-33)36-23-12-17(8-10-29-23)20-7-6-18(13-21(20)28)31-25(34)16-4-2-1-3-5-16/h1-8,10,12-14,19H,9,11,15H2,(H,31,34)(H,32,35)/t19-/m1/s1. The first-order valence-electron chi connectivity index (χ1n) is 11.2. The summed E-state index contributed by atoms with van der Waals surface area (Å²) < 4.78 is 21.0. The number of hydrogen-bond acceptors (Lipinski definition) is 6. The van der Waals surface area contributed by atoms with Crippen LogP contribution in [0.15, 0.2) is 77.9 Å². The number of hydrogen-bond donors (Lipinski definition) is 2. The number of H-pyrrole nitrogens is 1. The topological polar surface area (TPSA) is 100 Å². The molecule has 3 heterocycles. The highest BCUT2D eigenvalue weighted by atomic mass is 35.5. The van der Waals surface area contributed by atoms with Gasteiger partial charge >= 0.3 is 0 Å². The average Bonchev–Trinajstić information content (AvgIpc) is 3.34. The van der Waals surface area contributed by atoms with E-state index < -0.39 is 11.4 Å². The minimum absolute atomic E-state index is 0.0876. The number of nitrogens with one attached hydrogen (secondary N) is 2. The lowest BCUT2D eigenvalue weighted by Crippen LogP contribution is -2.26. The van der Waals surface area contributed by atoms with Gasteiger partial charge < -0.3 is 15.0 Å². The van der Waals surface area contributed by atoms with Gasteiger partial charge in [-0.2, -0.15) is 5.10 Å². The molecule has 0 spiro atoms. The van der Waals surface area contributed by atoms with Crippen LogP contribution in [0.5, 0.6) is 5.88 Å². The van der Waals surface area contributed by atoms with Crippen molar-refractivity contribution in [3.8, 4) is 17.0 Å². The van der Waals surface area contributed by atoms with Crippen molar-refractivity contribution in [3.05, 3.63) is 99.8 Å². The van der Waals surface area contributed by atoms with Crippen molar-refractivity contribution in [2.24, 2.45) is 0 Å². The highest BCUT2D eigenvalue weighted by molar-refractivity contribution is 6.33. The Labute approximate surface area is 210 Å². The number of amides is 1. The van der Waals surface area contributed by atoms with Crippen molar-refractivity contribution >= 4 is 28.9 Å². The smallest absolute Gasteiger partial charge is 0.285 e. The SMILES string of the molecule is O=C(Nc1ccc(-c2ccnc(O[C@@H]3CCN(c4cn[nH]c(=O)c4Cl)C3)c2)c(F)c1)c1ccccc1. The van der Waals surface area contributed by atoms with Gasteiger partial charge in [-0.15, -0.1) is 0 Å². The van der Waals surface area contributed by atoms with Crippen LogP contribution < -0.4 is 20.5 Å². The van der Waals surface area contributed by atoms with Gasteiger partial charge in [0.2, 0.25) is 5.88 Å². The number of benzene rings is 2. The molecule has 182 valence electrons. The summed E-state index contributed by atoms with van der Waals surface area (Å²) in [5, 5.41) is 8.91.